The van der Waals surface area contributed by atoms with E-state index in [2.05, 4.69) is 27.7 Å². The second-order valence-electron chi connectivity index (χ2n) is 7.32. The summed E-state index contributed by atoms with van der Waals surface area (Å²) in [7, 11) is 0. The maximum absolute atomic E-state index is 11.2. The van der Waals surface area contributed by atoms with E-state index in [1.165, 1.54) is 9.80 Å². The average Bonchev–Trinajstić information content (AvgIpc) is 2.47. The summed E-state index contributed by atoms with van der Waals surface area (Å²) < 4.78 is 0. The van der Waals surface area contributed by atoms with Crippen LogP contribution in [-0.2, 0) is 0 Å². The van der Waals surface area contributed by atoms with Crippen molar-refractivity contribution in [3.8, 4) is 0 Å². The third-order valence-corrected chi connectivity index (χ3v) is 4.10. The normalized spacial score (nSPS) is 11.1. The monoisotopic (exact) mass is 344 g/mol. The fourth-order valence-electron chi connectivity index (χ4n) is 2.39. The molecule has 0 radical (unpaired) electrons. The van der Waals surface area contributed by atoms with Gasteiger partial charge >= 0.3 is 12.2 Å². The fraction of sp³-hybridized carbons (Fsp3) is 0.889. The van der Waals surface area contributed by atoms with Crippen molar-refractivity contribution in [3.63, 3.8) is 0 Å². The third kappa shape index (κ3) is 12.0. The molecule has 0 fully saturated rings. The maximum atomic E-state index is 11.2. The van der Waals surface area contributed by atoms with E-state index >= 15 is 0 Å². The lowest BCUT2D eigenvalue weighted by Gasteiger charge is -2.21. The van der Waals surface area contributed by atoms with Gasteiger partial charge in [0.05, 0.1) is 0 Å². The zero-order valence-electron chi connectivity index (χ0n) is 15.8. The van der Waals surface area contributed by atoms with E-state index in [0.717, 1.165) is 38.5 Å². The molecule has 0 aromatic carbocycles. The van der Waals surface area contributed by atoms with E-state index < -0.39 is 12.2 Å². The van der Waals surface area contributed by atoms with Gasteiger partial charge in [0.25, 0.3) is 0 Å². The van der Waals surface area contributed by atoms with Gasteiger partial charge in [-0.2, -0.15) is 0 Å². The van der Waals surface area contributed by atoms with Crippen molar-refractivity contribution in [1.29, 1.82) is 0 Å². The molecule has 0 unspecified atom stereocenters. The summed E-state index contributed by atoms with van der Waals surface area (Å²) >= 11 is 0. The minimum atomic E-state index is -0.846. The first-order valence-electron chi connectivity index (χ1n) is 9.19. The minimum Gasteiger partial charge on any atom is -0.465 e. The number of hydrogen-bond donors (Lipinski definition) is 2. The summed E-state index contributed by atoms with van der Waals surface area (Å²) in [5, 5.41) is 18.4. The largest absolute Gasteiger partial charge is 0.465 e. The van der Waals surface area contributed by atoms with Crippen LogP contribution < -0.4 is 0 Å². The minimum absolute atomic E-state index is 0.500. The SMILES string of the molecule is CC(C)CCN(CCCCCCN(CCC(C)C)C(=O)O)C(=O)O. The lowest BCUT2D eigenvalue weighted by molar-refractivity contribution is 0.138. The first-order chi connectivity index (χ1) is 11.2. The van der Waals surface area contributed by atoms with Gasteiger partial charge in [-0.3, -0.25) is 0 Å². The van der Waals surface area contributed by atoms with Gasteiger partial charge in [0, 0.05) is 26.2 Å². The van der Waals surface area contributed by atoms with E-state index in [0.29, 0.717) is 38.0 Å². The van der Waals surface area contributed by atoms with Gasteiger partial charge in [0.15, 0.2) is 0 Å². The first kappa shape index (κ1) is 22.5. The van der Waals surface area contributed by atoms with Gasteiger partial charge in [-0.1, -0.05) is 40.5 Å². The van der Waals surface area contributed by atoms with Gasteiger partial charge in [-0.05, 0) is 37.5 Å². The molecule has 0 atom stereocenters. The Hall–Kier alpha value is -1.46. The number of unbranched alkanes of at least 4 members (excludes halogenated alkanes) is 3. The highest BCUT2D eigenvalue weighted by atomic mass is 16.4. The van der Waals surface area contributed by atoms with Crippen LogP contribution in [0.15, 0.2) is 0 Å². The van der Waals surface area contributed by atoms with Gasteiger partial charge in [-0.15, -0.1) is 0 Å². The molecule has 0 rings (SSSR count). The Labute approximate surface area is 146 Å². The van der Waals surface area contributed by atoms with Gasteiger partial charge in [0.2, 0.25) is 0 Å². The van der Waals surface area contributed by atoms with Gasteiger partial charge in [0.1, 0.15) is 0 Å². The smallest absolute Gasteiger partial charge is 0.407 e. The predicted molar refractivity (Wildman–Crippen MR) is 96.6 cm³/mol. The Morgan fingerprint density at radius 3 is 1.25 bits per heavy atom. The summed E-state index contributed by atoms with van der Waals surface area (Å²) in [4.78, 5) is 25.3. The molecule has 0 aliphatic heterocycles. The molecular formula is C18H36N2O4. The highest BCUT2D eigenvalue weighted by Gasteiger charge is 2.13. The third-order valence-electron chi connectivity index (χ3n) is 4.10. The Balaban J connectivity index is 3.89. The zero-order valence-corrected chi connectivity index (χ0v) is 15.8. The van der Waals surface area contributed by atoms with E-state index in [9.17, 15) is 19.8 Å². The Morgan fingerprint density at radius 1 is 0.667 bits per heavy atom. The van der Waals surface area contributed by atoms with Crippen molar-refractivity contribution in [1.82, 2.24) is 9.80 Å². The van der Waals surface area contributed by atoms with Crippen LogP contribution >= 0.6 is 0 Å². The van der Waals surface area contributed by atoms with E-state index in [-0.39, 0.29) is 0 Å². The maximum Gasteiger partial charge on any atom is 0.407 e. The van der Waals surface area contributed by atoms with E-state index in [1.54, 1.807) is 0 Å². The Kier molecular flexibility index (Phi) is 12.1. The number of hydrogen-bond acceptors (Lipinski definition) is 2. The summed E-state index contributed by atoms with van der Waals surface area (Å²) in [6.07, 6.45) is 3.62. The number of amides is 2. The average molecular weight is 344 g/mol. The van der Waals surface area contributed by atoms with Gasteiger partial charge in [-0.25, -0.2) is 9.59 Å². The molecule has 0 aromatic heterocycles. The van der Waals surface area contributed by atoms with Crippen LogP contribution in [0, 0.1) is 11.8 Å². The first-order valence-corrected chi connectivity index (χ1v) is 9.19. The molecule has 0 aliphatic rings. The molecule has 2 N–H and O–H groups in total. The van der Waals surface area contributed by atoms with E-state index in [1.807, 2.05) is 0 Å². The van der Waals surface area contributed by atoms with Crippen LogP contribution in [0.4, 0.5) is 9.59 Å². The van der Waals surface area contributed by atoms with Crippen LogP contribution in [-0.4, -0.2) is 58.4 Å². The molecule has 2 amide bonds. The lowest BCUT2D eigenvalue weighted by Crippen LogP contribution is -2.32. The van der Waals surface area contributed by atoms with E-state index in [4.69, 9.17) is 0 Å². The second kappa shape index (κ2) is 12.9. The molecule has 24 heavy (non-hydrogen) atoms. The van der Waals surface area contributed by atoms with Gasteiger partial charge < -0.3 is 20.0 Å². The summed E-state index contributed by atoms with van der Waals surface area (Å²) in [5.74, 6) is 0.999. The van der Waals surface area contributed by atoms with Crippen molar-refractivity contribution in [3.05, 3.63) is 0 Å². The summed E-state index contributed by atoms with van der Waals surface area (Å²) in [6.45, 7) is 10.7. The number of nitrogens with zero attached hydrogens (tertiary/aromatic N) is 2. The number of carbonyl (C=O) groups is 2. The summed E-state index contributed by atoms with van der Waals surface area (Å²) in [5.41, 5.74) is 0. The quantitative estimate of drug-likeness (QED) is 0.478. The lowest BCUT2D eigenvalue weighted by atomic mass is 10.1. The van der Waals surface area contributed by atoms with Crippen molar-refractivity contribution < 1.29 is 19.8 Å². The van der Waals surface area contributed by atoms with Crippen molar-refractivity contribution in [2.24, 2.45) is 11.8 Å². The number of carboxylic acid groups (broad SMARTS) is 2. The van der Waals surface area contributed by atoms with Crippen LogP contribution in [0.2, 0.25) is 0 Å². The van der Waals surface area contributed by atoms with Crippen molar-refractivity contribution in [2.45, 2.75) is 66.2 Å². The zero-order chi connectivity index (χ0) is 18.5. The molecule has 6 nitrogen and oxygen atoms in total. The molecule has 0 saturated heterocycles. The molecule has 0 saturated carbocycles. The second-order valence-corrected chi connectivity index (χ2v) is 7.32. The van der Waals surface area contributed by atoms with Crippen molar-refractivity contribution in [2.75, 3.05) is 26.2 Å². The summed E-state index contributed by atoms with van der Waals surface area (Å²) in [6, 6.07) is 0. The fourth-order valence-corrected chi connectivity index (χ4v) is 2.39. The van der Waals surface area contributed by atoms with Crippen LogP contribution in [0.3, 0.4) is 0 Å². The van der Waals surface area contributed by atoms with Crippen LogP contribution in [0.25, 0.3) is 0 Å². The number of rotatable bonds is 13. The topological polar surface area (TPSA) is 81.1 Å². The van der Waals surface area contributed by atoms with Crippen LogP contribution in [0.5, 0.6) is 0 Å². The molecule has 6 heteroatoms. The molecule has 0 aliphatic carbocycles. The molecule has 0 spiro atoms. The highest BCUT2D eigenvalue weighted by molar-refractivity contribution is 5.65. The van der Waals surface area contributed by atoms with Crippen molar-refractivity contribution >= 4 is 12.2 Å². The molecule has 0 aromatic rings. The Morgan fingerprint density at radius 2 is 1.00 bits per heavy atom. The standard InChI is InChI=1S/C18H36N2O4/c1-15(2)9-13-19(17(21)22)11-7-5-6-8-12-20(18(23)24)14-10-16(3)4/h15-16H,5-14H2,1-4H3,(H,21,22)(H,23,24). The van der Waals surface area contributed by atoms with Crippen LogP contribution in [0.1, 0.15) is 66.2 Å². The molecule has 142 valence electrons. The molecular weight excluding hydrogens is 308 g/mol. The molecule has 0 heterocycles. The Bertz CT molecular complexity index is 325. The predicted octanol–water partition coefficient (Wildman–Crippen LogP) is 4.60. The molecule has 0 bridgehead atoms. The highest BCUT2D eigenvalue weighted by Crippen LogP contribution is 2.08.